The predicted molar refractivity (Wildman–Crippen MR) is 84.1 cm³/mol. The Morgan fingerprint density at radius 3 is 1.65 bits per heavy atom. The smallest absolute Gasteiger partial charge is 0.333 e. The first-order chi connectivity index (χ1) is 11.1. The molecule has 0 radical (unpaired) electrons. The van der Waals surface area contributed by atoms with Crippen LogP contribution in [0.25, 0.3) is 0 Å². The molecule has 0 spiro atoms. The third-order valence-corrected chi connectivity index (χ3v) is 2.50. The first-order valence-electron chi connectivity index (χ1n) is 7.79. The van der Waals surface area contributed by atoms with Gasteiger partial charge in [-0.05, 0) is 13.3 Å². The Balaban J connectivity index is 3.15. The lowest BCUT2D eigenvalue weighted by Crippen LogP contribution is -2.15. The van der Waals surface area contributed by atoms with Crippen molar-refractivity contribution in [3.05, 3.63) is 12.2 Å². The SMILES string of the molecule is C=C(C)C(=O)OCCOCCOCCOCCOC(=O)CCC. The second-order valence-electron chi connectivity index (χ2n) is 4.72. The Labute approximate surface area is 137 Å². The third kappa shape index (κ3) is 15.2. The monoisotopic (exact) mass is 332 g/mol. The number of rotatable bonds is 15. The second kappa shape index (κ2) is 15.5. The summed E-state index contributed by atoms with van der Waals surface area (Å²) in [6, 6.07) is 0. The van der Waals surface area contributed by atoms with Crippen molar-refractivity contribution in [1.82, 2.24) is 0 Å². The van der Waals surface area contributed by atoms with Gasteiger partial charge in [-0.3, -0.25) is 4.79 Å². The van der Waals surface area contributed by atoms with E-state index < -0.39 is 5.97 Å². The fraction of sp³-hybridized carbons (Fsp3) is 0.750. The maximum absolute atomic E-state index is 11.1. The molecule has 0 unspecified atom stereocenters. The molecule has 0 saturated heterocycles. The van der Waals surface area contributed by atoms with Gasteiger partial charge in [0.2, 0.25) is 0 Å². The highest BCUT2D eigenvalue weighted by atomic mass is 16.6. The molecule has 0 aromatic rings. The van der Waals surface area contributed by atoms with Crippen molar-refractivity contribution in [2.24, 2.45) is 0 Å². The van der Waals surface area contributed by atoms with E-state index in [4.69, 9.17) is 23.7 Å². The molecule has 7 heteroatoms. The molecule has 23 heavy (non-hydrogen) atoms. The van der Waals surface area contributed by atoms with Crippen molar-refractivity contribution in [1.29, 1.82) is 0 Å². The molecule has 0 bridgehead atoms. The molecule has 0 aromatic heterocycles. The van der Waals surface area contributed by atoms with E-state index in [-0.39, 0.29) is 19.2 Å². The van der Waals surface area contributed by atoms with Crippen molar-refractivity contribution < 1.29 is 33.3 Å². The number of esters is 2. The van der Waals surface area contributed by atoms with Gasteiger partial charge in [-0.2, -0.15) is 0 Å². The van der Waals surface area contributed by atoms with Crippen LogP contribution in [0.4, 0.5) is 0 Å². The van der Waals surface area contributed by atoms with Gasteiger partial charge in [0.1, 0.15) is 13.2 Å². The molecule has 7 nitrogen and oxygen atoms in total. The van der Waals surface area contributed by atoms with Crippen LogP contribution in [0.2, 0.25) is 0 Å². The van der Waals surface area contributed by atoms with Crippen molar-refractivity contribution in [3.8, 4) is 0 Å². The molecular weight excluding hydrogens is 304 g/mol. The molecular formula is C16H28O7. The van der Waals surface area contributed by atoms with Crippen LogP contribution in [0.5, 0.6) is 0 Å². The summed E-state index contributed by atoms with van der Waals surface area (Å²) < 4.78 is 25.5. The highest BCUT2D eigenvalue weighted by Crippen LogP contribution is 1.92. The molecule has 0 amide bonds. The molecule has 0 saturated carbocycles. The standard InChI is InChI=1S/C16H28O7/c1-4-5-15(17)22-12-10-20-8-6-19-7-9-21-11-13-23-16(18)14(2)3/h2,4-13H2,1,3H3. The average molecular weight is 332 g/mol. The number of ether oxygens (including phenoxy) is 5. The Morgan fingerprint density at radius 1 is 0.783 bits per heavy atom. The summed E-state index contributed by atoms with van der Waals surface area (Å²) in [6.07, 6.45) is 1.22. The summed E-state index contributed by atoms with van der Waals surface area (Å²) in [5.41, 5.74) is 0.369. The summed E-state index contributed by atoms with van der Waals surface area (Å²) in [4.78, 5) is 22.1. The van der Waals surface area contributed by atoms with Crippen LogP contribution < -0.4 is 0 Å². The highest BCUT2D eigenvalue weighted by molar-refractivity contribution is 5.86. The third-order valence-electron chi connectivity index (χ3n) is 2.50. The Morgan fingerprint density at radius 2 is 1.22 bits per heavy atom. The molecule has 0 aliphatic carbocycles. The summed E-state index contributed by atoms with van der Waals surface area (Å²) in [5, 5.41) is 0. The lowest BCUT2D eigenvalue weighted by molar-refractivity contribution is -0.145. The lowest BCUT2D eigenvalue weighted by atomic mass is 10.3. The van der Waals surface area contributed by atoms with Crippen LogP contribution in [0.15, 0.2) is 12.2 Å². The van der Waals surface area contributed by atoms with Crippen LogP contribution >= 0.6 is 0 Å². The molecule has 0 rings (SSSR count). The van der Waals surface area contributed by atoms with Crippen molar-refractivity contribution in [2.45, 2.75) is 26.7 Å². The van der Waals surface area contributed by atoms with E-state index in [1.165, 1.54) is 0 Å². The van der Waals surface area contributed by atoms with Gasteiger partial charge < -0.3 is 23.7 Å². The van der Waals surface area contributed by atoms with Gasteiger partial charge in [0.05, 0.1) is 39.6 Å². The van der Waals surface area contributed by atoms with E-state index in [0.29, 0.717) is 51.6 Å². The minimum absolute atomic E-state index is 0.196. The maximum atomic E-state index is 11.1. The summed E-state index contributed by atoms with van der Waals surface area (Å²) in [7, 11) is 0. The van der Waals surface area contributed by atoms with Crippen LogP contribution in [0, 0.1) is 0 Å². The molecule has 134 valence electrons. The average Bonchev–Trinajstić information content (AvgIpc) is 2.51. The fourth-order valence-corrected chi connectivity index (χ4v) is 1.35. The fourth-order valence-electron chi connectivity index (χ4n) is 1.35. The number of hydrogen-bond acceptors (Lipinski definition) is 7. The predicted octanol–water partition coefficient (Wildman–Crippen LogP) is 1.50. The van der Waals surface area contributed by atoms with Gasteiger partial charge in [-0.1, -0.05) is 13.5 Å². The second-order valence-corrected chi connectivity index (χ2v) is 4.72. The van der Waals surface area contributed by atoms with Gasteiger partial charge >= 0.3 is 11.9 Å². The van der Waals surface area contributed by atoms with Crippen LogP contribution in [0.1, 0.15) is 26.7 Å². The molecule has 0 N–H and O–H groups in total. The van der Waals surface area contributed by atoms with Crippen molar-refractivity contribution >= 4 is 11.9 Å². The minimum Gasteiger partial charge on any atom is -0.463 e. The highest BCUT2D eigenvalue weighted by Gasteiger charge is 2.02. The van der Waals surface area contributed by atoms with Gasteiger partial charge in [0, 0.05) is 12.0 Å². The topological polar surface area (TPSA) is 80.3 Å². The van der Waals surface area contributed by atoms with E-state index in [2.05, 4.69) is 6.58 Å². The van der Waals surface area contributed by atoms with Crippen molar-refractivity contribution in [2.75, 3.05) is 52.9 Å². The Hall–Kier alpha value is -1.44. The maximum Gasteiger partial charge on any atom is 0.333 e. The zero-order valence-corrected chi connectivity index (χ0v) is 14.1. The first-order valence-corrected chi connectivity index (χ1v) is 7.79. The van der Waals surface area contributed by atoms with Crippen LogP contribution in [-0.2, 0) is 33.3 Å². The molecule has 0 aliphatic heterocycles. The lowest BCUT2D eigenvalue weighted by Gasteiger charge is -2.08. The zero-order valence-electron chi connectivity index (χ0n) is 14.1. The first kappa shape index (κ1) is 21.6. The van der Waals surface area contributed by atoms with Gasteiger partial charge in [-0.15, -0.1) is 0 Å². The largest absolute Gasteiger partial charge is 0.463 e. The van der Waals surface area contributed by atoms with Gasteiger partial charge in [0.25, 0.3) is 0 Å². The molecule has 0 fully saturated rings. The molecule has 0 atom stereocenters. The summed E-state index contributed by atoms with van der Waals surface area (Å²) in [5.74, 6) is -0.610. The number of hydrogen-bond donors (Lipinski definition) is 0. The van der Waals surface area contributed by atoms with Crippen molar-refractivity contribution in [3.63, 3.8) is 0 Å². The number of carbonyl (C=O) groups excluding carboxylic acids is 2. The summed E-state index contributed by atoms with van der Waals surface area (Å²) in [6.45, 7) is 9.87. The minimum atomic E-state index is -0.414. The van der Waals surface area contributed by atoms with E-state index in [1.54, 1.807) is 6.92 Å². The van der Waals surface area contributed by atoms with Crippen LogP contribution in [-0.4, -0.2) is 64.8 Å². The summed E-state index contributed by atoms with van der Waals surface area (Å²) >= 11 is 0. The molecule has 0 aliphatic rings. The van der Waals surface area contributed by atoms with Gasteiger partial charge in [0.15, 0.2) is 0 Å². The normalized spacial score (nSPS) is 10.3. The van der Waals surface area contributed by atoms with E-state index in [0.717, 1.165) is 6.42 Å². The van der Waals surface area contributed by atoms with Gasteiger partial charge in [-0.25, -0.2) is 4.79 Å². The quantitative estimate of drug-likeness (QED) is 0.255. The van der Waals surface area contributed by atoms with Crippen LogP contribution in [0.3, 0.4) is 0 Å². The Bertz CT molecular complexity index is 341. The Kier molecular flexibility index (Phi) is 14.5. The molecule has 0 aromatic carbocycles. The zero-order chi connectivity index (χ0) is 17.3. The number of carbonyl (C=O) groups is 2. The molecule has 0 heterocycles. The van der Waals surface area contributed by atoms with E-state index in [1.807, 2.05) is 6.92 Å². The van der Waals surface area contributed by atoms with E-state index in [9.17, 15) is 9.59 Å². The van der Waals surface area contributed by atoms with E-state index >= 15 is 0 Å².